The molecule has 0 fully saturated rings. The van der Waals surface area contributed by atoms with Crippen LogP contribution in [0.15, 0.2) is 11.2 Å². The van der Waals surface area contributed by atoms with Crippen molar-refractivity contribution >= 4 is 23.4 Å². The van der Waals surface area contributed by atoms with Crippen LogP contribution in [0, 0.1) is 6.92 Å². The van der Waals surface area contributed by atoms with Gasteiger partial charge in [-0.3, -0.25) is 0 Å². The van der Waals surface area contributed by atoms with Crippen LogP contribution < -0.4 is 0 Å². The van der Waals surface area contributed by atoms with E-state index in [0.29, 0.717) is 5.28 Å². The maximum atomic E-state index is 5.77. The van der Waals surface area contributed by atoms with Gasteiger partial charge in [0.25, 0.3) is 0 Å². The van der Waals surface area contributed by atoms with E-state index < -0.39 is 0 Å². The lowest BCUT2D eigenvalue weighted by molar-refractivity contribution is 0.324. The number of thioether (sulfide) groups is 1. The van der Waals surface area contributed by atoms with E-state index in [1.165, 1.54) is 0 Å². The van der Waals surface area contributed by atoms with E-state index in [1.807, 2.05) is 6.92 Å². The number of hydrogen-bond donors (Lipinski definition) is 0. The van der Waals surface area contributed by atoms with Crippen molar-refractivity contribution in [2.24, 2.45) is 0 Å². The molecule has 16 heavy (non-hydrogen) atoms. The molecule has 0 N–H and O–H groups in total. The van der Waals surface area contributed by atoms with E-state index in [2.05, 4.69) is 28.7 Å². The fourth-order valence-corrected chi connectivity index (χ4v) is 2.52. The third-order valence-electron chi connectivity index (χ3n) is 2.44. The van der Waals surface area contributed by atoms with Crippen LogP contribution in [-0.2, 0) is 0 Å². The summed E-state index contributed by atoms with van der Waals surface area (Å²) in [5.74, 6) is 1.04. The van der Waals surface area contributed by atoms with E-state index in [0.717, 1.165) is 36.0 Å². The molecule has 0 saturated carbocycles. The van der Waals surface area contributed by atoms with Gasteiger partial charge < -0.3 is 4.90 Å². The SMILES string of the molecule is CCN(CC)CCSc1nc(Cl)ncc1C. The average Bonchev–Trinajstić information content (AvgIpc) is 2.29. The van der Waals surface area contributed by atoms with E-state index >= 15 is 0 Å². The molecule has 0 saturated heterocycles. The second-order valence-corrected chi connectivity index (χ2v) is 4.92. The van der Waals surface area contributed by atoms with Crippen molar-refractivity contribution in [2.45, 2.75) is 25.8 Å². The zero-order valence-electron chi connectivity index (χ0n) is 10.0. The molecule has 0 unspecified atom stereocenters. The van der Waals surface area contributed by atoms with Crippen molar-refractivity contribution in [3.63, 3.8) is 0 Å². The molecule has 90 valence electrons. The maximum Gasteiger partial charge on any atom is 0.223 e. The summed E-state index contributed by atoms with van der Waals surface area (Å²) in [6.07, 6.45) is 1.77. The second-order valence-electron chi connectivity index (χ2n) is 3.50. The second kappa shape index (κ2) is 7.09. The third kappa shape index (κ3) is 4.28. The fraction of sp³-hybridized carbons (Fsp3) is 0.636. The summed E-state index contributed by atoms with van der Waals surface area (Å²) in [5.41, 5.74) is 1.09. The predicted octanol–water partition coefficient (Wildman–Crippen LogP) is 2.87. The Morgan fingerprint density at radius 1 is 1.38 bits per heavy atom. The summed E-state index contributed by atoms with van der Waals surface area (Å²) in [5, 5.41) is 1.32. The highest BCUT2D eigenvalue weighted by molar-refractivity contribution is 7.99. The summed E-state index contributed by atoms with van der Waals surface area (Å²) in [6, 6.07) is 0. The highest BCUT2D eigenvalue weighted by Gasteiger charge is 2.04. The van der Waals surface area contributed by atoms with Crippen molar-refractivity contribution in [1.29, 1.82) is 0 Å². The van der Waals surface area contributed by atoms with Gasteiger partial charge in [0.05, 0.1) is 0 Å². The van der Waals surface area contributed by atoms with Gasteiger partial charge in [-0.05, 0) is 37.2 Å². The zero-order chi connectivity index (χ0) is 12.0. The molecule has 0 aromatic carbocycles. The maximum absolute atomic E-state index is 5.77. The van der Waals surface area contributed by atoms with Crippen molar-refractivity contribution < 1.29 is 0 Å². The molecule has 0 bridgehead atoms. The van der Waals surface area contributed by atoms with Crippen molar-refractivity contribution in [2.75, 3.05) is 25.4 Å². The molecule has 5 heteroatoms. The molecule has 0 aliphatic rings. The molecule has 0 atom stereocenters. The molecule has 1 aromatic rings. The first-order valence-corrected chi connectivity index (χ1v) is 6.88. The molecular weight excluding hydrogens is 242 g/mol. The molecular formula is C11H18ClN3S. The normalized spacial score (nSPS) is 11.1. The number of nitrogens with zero attached hydrogens (tertiary/aromatic N) is 3. The first kappa shape index (κ1) is 13.7. The van der Waals surface area contributed by atoms with E-state index in [1.54, 1.807) is 18.0 Å². The fourth-order valence-electron chi connectivity index (χ4n) is 1.36. The standard InChI is InChI=1S/C11H18ClN3S/c1-4-15(5-2)6-7-16-10-9(3)8-13-11(12)14-10/h8H,4-7H2,1-3H3. The Morgan fingerprint density at radius 3 is 2.69 bits per heavy atom. The first-order valence-electron chi connectivity index (χ1n) is 5.51. The Labute approximate surface area is 107 Å². The lowest BCUT2D eigenvalue weighted by Gasteiger charge is -2.17. The largest absolute Gasteiger partial charge is 0.303 e. The van der Waals surface area contributed by atoms with Crippen molar-refractivity contribution in [3.8, 4) is 0 Å². The van der Waals surface area contributed by atoms with Crippen LogP contribution >= 0.6 is 23.4 Å². The number of halogens is 1. The molecule has 0 radical (unpaired) electrons. The van der Waals surface area contributed by atoms with E-state index in [9.17, 15) is 0 Å². The molecule has 1 heterocycles. The van der Waals surface area contributed by atoms with Gasteiger partial charge in [0.1, 0.15) is 5.03 Å². The van der Waals surface area contributed by atoms with Gasteiger partial charge in [0.15, 0.2) is 0 Å². The Bertz CT molecular complexity index is 329. The number of rotatable bonds is 6. The molecule has 1 aromatic heterocycles. The van der Waals surface area contributed by atoms with Crippen LogP contribution in [0.3, 0.4) is 0 Å². The summed E-state index contributed by atoms with van der Waals surface area (Å²) in [7, 11) is 0. The first-order chi connectivity index (χ1) is 7.67. The minimum absolute atomic E-state index is 0.330. The third-order valence-corrected chi connectivity index (χ3v) is 3.69. The average molecular weight is 260 g/mol. The van der Waals surface area contributed by atoms with E-state index in [4.69, 9.17) is 11.6 Å². The van der Waals surface area contributed by atoms with Gasteiger partial charge in [-0.15, -0.1) is 11.8 Å². The van der Waals surface area contributed by atoms with Gasteiger partial charge in [0, 0.05) is 18.5 Å². The molecule has 0 amide bonds. The highest BCUT2D eigenvalue weighted by atomic mass is 35.5. The lowest BCUT2D eigenvalue weighted by Crippen LogP contribution is -2.25. The van der Waals surface area contributed by atoms with Crippen LogP contribution in [-0.4, -0.2) is 40.3 Å². The van der Waals surface area contributed by atoms with Gasteiger partial charge >= 0.3 is 0 Å². The minimum atomic E-state index is 0.330. The smallest absolute Gasteiger partial charge is 0.223 e. The van der Waals surface area contributed by atoms with Crippen LogP contribution in [0.1, 0.15) is 19.4 Å². The Kier molecular flexibility index (Phi) is 6.09. The molecule has 0 aliphatic heterocycles. The monoisotopic (exact) mass is 259 g/mol. The van der Waals surface area contributed by atoms with Gasteiger partial charge in [-0.2, -0.15) is 0 Å². The quantitative estimate of drug-likeness (QED) is 0.446. The minimum Gasteiger partial charge on any atom is -0.303 e. The summed E-state index contributed by atoms with van der Waals surface area (Å²) < 4.78 is 0. The molecule has 3 nitrogen and oxygen atoms in total. The highest BCUT2D eigenvalue weighted by Crippen LogP contribution is 2.20. The Balaban J connectivity index is 2.45. The van der Waals surface area contributed by atoms with Crippen LogP contribution in [0.2, 0.25) is 5.28 Å². The number of aryl methyl sites for hydroxylation is 1. The van der Waals surface area contributed by atoms with Crippen molar-refractivity contribution in [3.05, 3.63) is 17.0 Å². The van der Waals surface area contributed by atoms with Gasteiger partial charge in [-0.1, -0.05) is 13.8 Å². The zero-order valence-corrected chi connectivity index (χ0v) is 11.6. The predicted molar refractivity (Wildman–Crippen MR) is 70.3 cm³/mol. The van der Waals surface area contributed by atoms with Gasteiger partial charge in [0.2, 0.25) is 5.28 Å². The Morgan fingerprint density at radius 2 is 2.06 bits per heavy atom. The van der Waals surface area contributed by atoms with Crippen molar-refractivity contribution in [1.82, 2.24) is 14.9 Å². The topological polar surface area (TPSA) is 29.0 Å². The van der Waals surface area contributed by atoms with E-state index in [-0.39, 0.29) is 0 Å². The van der Waals surface area contributed by atoms with Crippen LogP contribution in [0.5, 0.6) is 0 Å². The summed E-state index contributed by atoms with van der Waals surface area (Å²) in [4.78, 5) is 10.6. The molecule has 0 aliphatic carbocycles. The summed E-state index contributed by atoms with van der Waals surface area (Å²) >= 11 is 7.51. The van der Waals surface area contributed by atoms with Crippen LogP contribution in [0.25, 0.3) is 0 Å². The number of aromatic nitrogens is 2. The Hall–Kier alpha value is -0.320. The summed E-state index contributed by atoms with van der Waals surface area (Å²) in [6.45, 7) is 9.65. The van der Waals surface area contributed by atoms with Crippen LogP contribution in [0.4, 0.5) is 0 Å². The molecule has 1 rings (SSSR count). The lowest BCUT2D eigenvalue weighted by atomic mass is 10.4. The molecule has 0 spiro atoms. The number of hydrogen-bond acceptors (Lipinski definition) is 4. The van der Waals surface area contributed by atoms with Gasteiger partial charge in [-0.25, -0.2) is 9.97 Å².